The SMILES string of the molecule is N#Cc1cccc(-c2cncc(=O)[nH]2)c1. The van der Waals surface area contributed by atoms with Crippen LogP contribution in [-0.4, -0.2) is 9.97 Å². The van der Waals surface area contributed by atoms with E-state index >= 15 is 0 Å². The van der Waals surface area contributed by atoms with Crippen LogP contribution in [0.1, 0.15) is 5.56 Å². The third-order valence-electron chi connectivity index (χ3n) is 1.96. The summed E-state index contributed by atoms with van der Waals surface area (Å²) in [4.78, 5) is 17.5. The van der Waals surface area contributed by atoms with Crippen LogP contribution in [0.2, 0.25) is 0 Å². The number of benzene rings is 1. The Labute approximate surface area is 85.8 Å². The van der Waals surface area contributed by atoms with Crippen molar-refractivity contribution in [3.8, 4) is 17.3 Å². The van der Waals surface area contributed by atoms with Crippen LogP contribution in [0, 0.1) is 11.3 Å². The second kappa shape index (κ2) is 3.76. The van der Waals surface area contributed by atoms with E-state index in [1.807, 2.05) is 12.1 Å². The van der Waals surface area contributed by atoms with Crippen molar-refractivity contribution in [2.75, 3.05) is 0 Å². The molecule has 0 radical (unpaired) electrons. The molecule has 2 rings (SSSR count). The molecule has 1 aromatic heterocycles. The summed E-state index contributed by atoms with van der Waals surface area (Å²) in [6.45, 7) is 0. The van der Waals surface area contributed by atoms with E-state index in [2.05, 4.69) is 9.97 Å². The number of rotatable bonds is 1. The summed E-state index contributed by atoms with van der Waals surface area (Å²) in [7, 11) is 0. The summed E-state index contributed by atoms with van der Waals surface area (Å²) in [6, 6.07) is 9.02. The first-order valence-corrected chi connectivity index (χ1v) is 4.34. The largest absolute Gasteiger partial charge is 0.319 e. The Kier molecular flexibility index (Phi) is 2.30. The van der Waals surface area contributed by atoms with E-state index < -0.39 is 0 Å². The molecule has 4 nitrogen and oxygen atoms in total. The predicted octanol–water partition coefficient (Wildman–Crippen LogP) is 1.31. The second-order valence-electron chi connectivity index (χ2n) is 3.00. The van der Waals surface area contributed by atoms with Gasteiger partial charge >= 0.3 is 0 Å². The Hall–Kier alpha value is -2.41. The lowest BCUT2D eigenvalue weighted by atomic mass is 10.1. The number of nitrogens with one attached hydrogen (secondary N) is 1. The van der Waals surface area contributed by atoms with Crippen molar-refractivity contribution in [3.63, 3.8) is 0 Å². The summed E-state index contributed by atoms with van der Waals surface area (Å²) in [5, 5.41) is 8.73. The van der Waals surface area contributed by atoms with E-state index in [9.17, 15) is 4.79 Å². The molecule has 0 unspecified atom stereocenters. The van der Waals surface area contributed by atoms with Gasteiger partial charge in [-0.2, -0.15) is 5.26 Å². The minimum absolute atomic E-state index is 0.255. The molecule has 0 saturated heterocycles. The van der Waals surface area contributed by atoms with Crippen molar-refractivity contribution in [3.05, 3.63) is 52.6 Å². The first-order chi connectivity index (χ1) is 7.29. The summed E-state index contributed by atoms with van der Waals surface area (Å²) in [5.74, 6) is 0. The number of nitrogens with zero attached hydrogens (tertiary/aromatic N) is 2. The third-order valence-corrected chi connectivity index (χ3v) is 1.96. The Bertz CT molecular complexity index is 581. The molecule has 0 spiro atoms. The van der Waals surface area contributed by atoms with Gasteiger partial charge in [0.2, 0.25) is 0 Å². The number of H-pyrrole nitrogens is 1. The quantitative estimate of drug-likeness (QED) is 0.749. The van der Waals surface area contributed by atoms with Gasteiger partial charge in [0.1, 0.15) is 0 Å². The molecular weight excluding hydrogens is 190 g/mol. The summed E-state index contributed by atoms with van der Waals surface area (Å²) in [6.07, 6.45) is 2.76. The minimum Gasteiger partial charge on any atom is -0.319 e. The van der Waals surface area contributed by atoms with Crippen LogP contribution >= 0.6 is 0 Å². The molecule has 0 aliphatic heterocycles. The Morgan fingerprint density at radius 1 is 1.33 bits per heavy atom. The van der Waals surface area contributed by atoms with E-state index in [0.717, 1.165) is 5.56 Å². The first-order valence-electron chi connectivity index (χ1n) is 4.34. The van der Waals surface area contributed by atoms with Gasteiger partial charge in [0.05, 0.1) is 29.7 Å². The normalized spacial score (nSPS) is 9.53. The zero-order chi connectivity index (χ0) is 10.7. The Balaban J connectivity index is 2.55. The number of nitriles is 1. The highest BCUT2D eigenvalue weighted by Gasteiger charge is 1.99. The lowest BCUT2D eigenvalue weighted by Gasteiger charge is -1.99. The zero-order valence-corrected chi connectivity index (χ0v) is 7.77. The standard InChI is InChI=1S/C11H7N3O/c12-5-8-2-1-3-9(4-8)10-6-13-7-11(15)14-10/h1-4,6-7H,(H,14,15). The van der Waals surface area contributed by atoms with E-state index in [4.69, 9.17) is 5.26 Å². The highest BCUT2D eigenvalue weighted by molar-refractivity contribution is 5.60. The van der Waals surface area contributed by atoms with E-state index in [0.29, 0.717) is 11.3 Å². The van der Waals surface area contributed by atoms with Crippen LogP contribution in [0.5, 0.6) is 0 Å². The highest BCUT2D eigenvalue weighted by Crippen LogP contribution is 2.15. The van der Waals surface area contributed by atoms with Gasteiger partial charge in [-0.15, -0.1) is 0 Å². The molecule has 2 aromatic rings. The molecule has 0 amide bonds. The fraction of sp³-hybridized carbons (Fsp3) is 0. The van der Waals surface area contributed by atoms with Crippen LogP contribution in [-0.2, 0) is 0 Å². The number of hydrogen-bond acceptors (Lipinski definition) is 3. The van der Waals surface area contributed by atoms with Crippen molar-refractivity contribution in [1.82, 2.24) is 9.97 Å². The molecular formula is C11H7N3O. The van der Waals surface area contributed by atoms with Gasteiger partial charge in [-0.05, 0) is 12.1 Å². The van der Waals surface area contributed by atoms with Crippen molar-refractivity contribution in [1.29, 1.82) is 5.26 Å². The molecule has 4 heteroatoms. The van der Waals surface area contributed by atoms with Crippen LogP contribution in [0.15, 0.2) is 41.5 Å². The maximum absolute atomic E-state index is 11.0. The van der Waals surface area contributed by atoms with Gasteiger partial charge in [0.15, 0.2) is 0 Å². The molecule has 0 saturated carbocycles. The van der Waals surface area contributed by atoms with Gasteiger partial charge < -0.3 is 4.98 Å². The average molecular weight is 197 g/mol. The van der Waals surface area contributed by atoms with Crippen molar-refractivity contribution >= 4 is 0 Å². The molecule has 1 heterocycles. The van der Waals surface area contributed by atoms with Crippen LogP contribution in [0.3, 0.4) is 0 Å². The molecule has 1 aromatic carbocycles. The molecule has 1 N–H and O–H groups in total. The highest BCUT2D eigenvalue weighted by atomic mass is 16.1. The Morgan fingerprint density at radius 3 is 2.93 bits per heavy atom. The topological polar surface area (TPSA) is 69.5 Å². The Morgan fingerprint density at radius 2 is 2.20 bits per heavy atom. The summed E-state index contributed by atoms with van der Waals surface area (Å²) in [5.41, 5.74) is 1.69. The second-order valence-corrected chi connectivity index (χ2v) is 3.00. The van der Waals surface area contributed by atoms with Crippen molar-refractivity contribution < 1.29 is 0 Å². The third kappa shape index (κ3) is 1.92. The summed E-state index contributed by atoms with van der Waals surface area (Å²) >= 11 is 0. The first kappa shape index (κ1) is 9.16. The monoisotopic (exact) mass is 197 g/mol. The predicted molar refractivity (Wildman–Crippen MR) is 55.0 cm³/mol. The maximum Gasteiger partial charge on any atom is 0.266 e. The molecule has 0 aliphatic rings. The van der Waals surface area contributed by atoms with Crippen molar-refractivity contribution in [2.24, 2.45) is 0 Å². The molecule has 0 fully saturated rings. The fourth-order valence-electron chi connectivity index (χ4n) is 1.28. The van der Waals surface area contributed by atoms with Crippen molar-refractivity contribution in [2.45, 2.75) is 0 Å². The number of aromatic nitrogens is 2. The molecule has 72 valence electrons. The average Bonchev–Trinajstić information content (AvgIpc) is 2.29. The van der Waals surface area contributed by atoms with Gasteiger partial charge in [0.25, 0.3) is 5.56 Å². The molecule has 15 heavy (non-hydrogen) atoms. The zero-order valence-electron chi connectivity index (χ0n) is 7.77. The fourth-order valence-corrected chi connectivity index (χ4v) is 1.28. The maximum atomic E-state index is 11.0. The van der Waals surface area contributed by atoms with Crippen LogP contribution in [0.4, 0.5) is 0 Å². The number of hydrogen-bond donors (Lipinski definition) is 1. The van der Waals surface area contributed by atoms with Crippen LogP contribution in [0.25, 0.3) is 11.3 Å². The van der Waals surface area contributed by atoms with Gasteiger partial charge in [-0.25, -0.2) is 0 Å². The van der Waals surface area contributed by atoms with E-state index in [-0.39, 0.29) is 5.56 Å². The van der Waals surface area contributed by atoms with E-state index in [1.54, 1.807) is 24.4 Å². The minimum atomic E-state index is -0.255. The molecule has 0 bridgehead atoms. The lowest BCUT2D eigenvalue weighted by molar-refractivity contribution is 1.14. The smallest absolute Gasteiger partial charge is 0.266 e. The van der Waals surface area contributed by atoms with E-state index in [1.165, 1.54) is 6.20 Å². The van der Waals surface area contributed by atoms with Gasteiger partial charge in [-0.1, -0.05) is 12.1 Å². The molecule has 0 atom stereocenters. The summed E-state index contributed by atoms with van der Waals surface area (Å²) < 4.78 is 0. The molecule has 0 aliphatic carbocycles. The van der Waals surface area contributed by atoms with Gasteiger partial charge in [0, 0.05) is 5.56 Å². The number of aromatic amines is 1. The van der Waals surface area contributed by atoms with Crippen LogP contribution < -0.4 is 5.56 Å². The van der Waals surface area contributed by atoms with Gasteiger partial charge in [-0.3, -0.25) is 9.78 Å². The lowest BCUT2D eigenvalue weighted by Crippen LogP contribution is -2.05.